The highest BCUT2D eigenvalue weighted by Crippen LogP contribution is 2.27. The predicted octanol–water partition coefficient (Wildman–Crippen LogP) is 4.95. The quantitative estimate of drug-likeness (QED) is 0.563. The second-order valence-electron chi connectivity index (χ2n) is 6.70. The Bertz CT molecular complexity index is 948. The second kappa shape index (κ2) is 8.23. The molecule has 0 saturated carbocycles. The predicted molar refractivity (Wildman–Crippen MR) is 120 cm³/mol. The molecule has 1 saturated heterocycles. The van der Waals surface area contributed by atoms with E-state index in [9.17, 15) is 0 Å². The lowest BCUT2D eigenvalue weighted by molar-refractivity contribution is 0.467. The van der Waals surface area contributed by atoms with E-state index in [-0.39, 0.29) is 0 Å². The van der Waals surface area contributed by atoms with Crippen molar-refractivity contribution in [2.24, 2.45) is 0 Å². The number of rotatable bonds is 3. The normalized spacial score (nSPS) is 14.9. The highest BCUT2D eigenvalue weighted by atomic mass is 79.9. The third kappa shape index (κ3) is 4.22. The van der Waals surface area contributed by atoms with E-state index in [0.29, 0.717) is 11.2 Å². The number of anilines is 2. The summed E-state index contributed by atoms with van der Waals surface area (Å²) in [6.45, 7) is 1.94. The maximum atomic E-state index is 5.49. The first-order valence-corrected chi connectivity index (χ1v) is 10.3. The van der Waals surface area contributed by atoms with E-state index in [1.54, 1.807) is 0 Å². The van der Waals surface area contributed by atoms with Crippen molar-refractivity contribution in [3.05, 3.63) is 65.3 Å². The molecular formula is C21H21BrN4S. The smallest absolute Gasteiger partial charge is 0.171 e. The number of halogens is 1. The van der Waals surface area contributed by atoms with E-state index in [4.69, 9.17) is 12.2 Å². The number of nitrogens with zero attached hydrogens (tertiary/aromatic N) is 2. The fourth-order valence-corrected chi connectivity index (χ4v) is 4.16. The number of aromatic nitrogens is 1. The van der Waals surface area contributed by atoms with Crippen LogP contribution in [0, 0.1) is 0 Å². The van der Waals surface area contributed by atoms with Gasteiger partial charge in [-0.3, -0.25) is 0 Å². The third-order valence-corrected chi connectivity index (χ3v) is 5.82. The van der Waals surface area contributed by atoms with E-state index >= 15 is 0 Å². The SMILES string of the molecule is S=C(Nc1ccccc1Br)NC1CCN(c2nccc3ccccc23)CC1. The zero-order valence-electron chi connectivity index (χ0n) is 14.9. The van der Waals surface area contributed by atoms with Gasteiger partial charge in [0.15, 0.2) is 5.11 Å². The molecule has 0 aliphatic carbocycles. The van der Waals surface area contributed by atoms with Gasteiger partial charge >= 0.3 is 0 Å². The molecule has 0 spiro atoms. The van der Waals surface area contributed by atoms with E-state index in [0.717, 1.165) is 41.9 Å². The van der Waals surface area contributed by atoms with Crippen LogP contribution in [0.3, 0.4) is 0 Å². The number of pyridine rings is 1. The van der Waals surface area contributed by atoms with Gasteiger partial charge in [0, 0.05) is 35.2 Å². The Labute approximate surface area is 173 Å². The molecule has 3 aromatic rings. The number of nitrogens with one attached hydrogen (secondary N) is 2. The van der Waals surface area contributed by atoms with Gasteiger partial charge < -0.3 is 15.5 Å². The third-order valence-electron chi connectivity index (χ3n) is 4.90. The number of hydrogen-bond acceptors (Lipinski definition) is 3. The van der Waals surface area contributed by atoms with E-state index in [2.05, 4.69) is 66.8 Å². The van der Waals surface area contributed by atoms with Crippen molar-refractivity contribution >= 4 is 55.5 Å². The molecule has 2 heterocycles. The molecule has 1 aliphatic rings. The molecule has 27 heavy (non-hydrogen) atoms. The van der Waals surface area contributed by atoms with E-state index in [1.807, 2.05) is 30.5 Å². The molecule has 0 unspecified atom stereocenters. The summed E-state index contributed by atoms with van der Waals surface area (Å²) >= 11 is 9.03. The molecule has 0 radical (unpaired) electrons. The van der Waals surface area contributed by atoms with Crippen LogP contribution in [0.25, 0.3) is 10.8 Å². The van der Waals surface area contributed by atoms with E-state index in [1.165, 1.54) is 10.8 Å². The van der Waals surface area contributed by atoms with Crippen LogP contribution in [0.15, 0.2) is 65.3 Å². The van der Waals surface area contributed by atoms with Gasteiger partial charge in [-0.1, -0.05) is 36.4 Å². The van der Waals surface area contributed by atoms with Gasteiger partial charge in [-0.05, 0) is 64.6 Å². The van der Waals surface area contributed by atoms with Gasteiger partial charge in [-0.2, -0.15) is 0 Å². The number of thiocarbonyl (C=S) groups is 1. The largest absolute Gasteiger partial charge is 0.360 e. The zero-order chi connectivity index (χ0) is 18.6. The number of piperidine rings is 1. The number of fused-ring (bicyclic) bond motifs is 1. The average molecular weight is 441 g/mol. The van der Waals surface area contributed by atoms with Crippen molar-refractivity contribution in [3.8, 4) is 0 Å². The first kappa shape index (κ1) is 18.2. The maximum Gasteiger partial charge on any atom is 0.171 e. The summed E-state index contributed by atoms with van der Waals surface area (Å²) in [6.07, 6.45) is 3.96. The van der Waals surface area contributed by atoms with Gasteiger partial charge in [0.2, 0.25) is 0 Å². The first-order chi connectivity index (χ1) is 13.2. The lowest BCUT2D eigenvalue weighted by atomic mass is 10.0. The molecule has 2 N–H and O–H groups in total. The highest BCUT2D eigenvalue weighted by molar-refractivity contribution is 9.10. The molecule has 0 amide bonds. The number of benzene rings is 2. The highest BCUT2D eigenvalue weighted by Gasteiger charge is 2.22. The molecule has 1 fully saturated rings. The van der Waals surface area contributed by atoms with E-state index < -0.39 is 0 Å². The second-order valence-corrected chi connectivity index (χ2v) is 7.96. The van der Waals surface area contributed by atoms with Gasteiger partial charge in [0.05, 0.1) is 5.69 Å². The molecule has 0 atom stereocenters. The molecule has 6 heteroatoms. The lowest BCUT2D eigenvalue weighted by Crippen LogP contribution is -2.46. The molecule has 138 valence electrons. The summed E-state index contributed by atoms with van der Waals surface area (Å²) in [5.74, 6) is 1.08. The summed E-state index contributed by atoms with van der Waals surface area (Å²) in [4.78, 5) is 7.02. The minimum absolute atomic E-state index is 0.374. The lowest BCUT2D eigenvalue weighted by Gasteiger charge is -2.34. The van der Waals surface area contributed by atoms with Gasteiger partial charge in [0.1, 0.15) is 5.82 Å². The summed E-state index contributed by atoms with van der Waals surface area (Å²) in [5, 5.41) is 9.86. The van der Waals surface area contributed by atoms with Crippen LogP contribution >= 0.6 is 28.1 Å². The van der Waals surface area contributed by atoms with Gasteiger partial charge in [-0.25, -0.2) is 4.98 Å². The van der Waals surface area contributed by atoms with Crippen molar-refractivity contribution in [3.63, 3.8) is 0 Å². The zero-order valence-corrected chi connectivity index (χ0v) is 17.3. The van der Waals surface area contributed by atoms with Crippen molar-refractivity contribution in [2.45, 2.75) is 18.9 Å². The fourth-order valence-electron chi connectivity index (χ4n) is 3.50. The van der Waals surface area contributed by atoms with Crippen molar-refractivity contribution < 1.29 is 0 Å². The Kier molecular flexibility index (Phi) is 5.55. The summed E-state index contributed by atoms with van der Waals surface area (Å²) in [6, 6.07) is 18.9. The Morgan fingerprint density at radius 2 is 1.78 bits per heavy atom. The van der Waals surface area contributed by atoms with Crippen molar-refractivity contribution in [1.29, 1.82) is 0 Å². The Balaban J connectivity index is 1.36. The van der Waals surface area contributed by atoms with Gasteiger partial charge in [-0.15, -0.1) is 0 Å². The van der Waals surface area contributed by atoms with Gasteiger partial charge in [0.25, 0.3) is 0 Å². The average Bonchev–Trinajstić information content (AvgIpc) is 2.70. The van der Waals surface area contributed by atoms with Crippen LogP contribution < -0.4 is 15.5 Å². The molecule has 4 nitrogen and oxygen atoms in total. The standard InChI is InChI=1S/C21H21BrN4S/c22-18-7-3-4-8-19(18)25-21(27)24-16-10-13-26(14-11-16)20-17-6-2-1-5-15(17)9-12-23-20/h1-9,12,16H,10-11,13-14H2,(H2,24,25,27). The molecule has 0 bridgehead atoms. The fraction of sp³-hybridized carbons (Fsp3) is 0.238. The van der Waals surface area contributed by atoms with Crippen LogP contribution in [0.2, 0.25) is 0 Å². The van der Waals surface area contributed by atoms with Crippen LogP contribution in [0.4, 0.5) is 11.5 Å². The van der Waals surface area contributed by atoms with Crippen LogP contribution in [0.1, 0.15) is 12.8 Å². The summed E-state index contributed by atoms with van der Waals surface area (Å²) in [7, 11) is 0. The molecule has 2 aromatic carbocycles. The summed E-state index contributed by atoms with van der Waals surface area (Å²) in [5.41, 5.74) is 0.979. The Morgan fingerprint density at radius 1 is 1.04 bits per heavy atom. The molecule has 4 rings (SSSR count). The minimum Gasteiger partial charge on any atom is -0.360 e. The Hall–Kier alpha value is -2.18. The van der Waals surface area contributed by atoms with Crippen LogP contribution in [0.5, 0.6) is 0 Å². The van der Waals surface area contributed by atoms with Crippen molar-refractivity contribution in [2.75, 3.05) is 23.3 Å². The maximum absolute atomic E-state index is 5.49. The molecule has 1 aromatic heterocycles. The van der Waals surface area contributed by atoms with Crippen LogP contribution in [-0.4, -0.2) is 29.2 Å². The Morgan fingerprint density at radius 3 is 2.59 bits per heavy atom. The minimum atomic E-state index is 0.374. The van der Waals surface area contributed by atoms with Crippen molar-refractivity contribution in [1.82, 2.24) is 10.3 Å². The number of para-hydroxylation sites is 1. The number of hydrogen-bond donors (Lipinski definition) is 2. The molecular weight excluding hydrogens is 420 g/mol. The summed E-state index contributed by atoms with van der Waals surface area (Å²) < 4.78 is 1.01. The topological polar surface area (TPSA) is 40.2 Å². The van der Waals surface area contributed by atoms with Crippen LogP contribution in [-0.2, 0) is 0 Å². The monoisotopic (exact) mass is 440 g/mol. The first-order valence-electron chi connectivity index (χ1n) is 9.11. The molecule has 1 aliphatic heterocycles.